The van der Waals surface area contributed by atoms with E-state index in [9.17, 15) is 0 Å². The van der Waals surface area contributed by atoms with E-state index < -0.39 is 0 Å². The first-order valence-corrected chi connectivity index (χ1v) is 7.95. The first-order chi connectivity index (χ1) is 9.40. The van der Waals surface area contributed by atoms with Crippen LogP contribution in [0.25, 0.3) is 0 Å². The Kier molecular flexibility index (Phi) is 4.39. The standard InChI is InChI=1S/C17H26N2/c1-2-7-15(6-1)13-18-17-9-5-8-16(12-17)14-19-10-3-4-11-19/h5,8-9,12,15,18H,1-4,6-7,10-11,13-14H2. The molecular formula is C17H26N2. The van der Waals surface area contributed by atoms with E-state index in [1.54, 1.807) is 0 Å². The van der Waals surface area contributed by atoms with Crippen molar-refractivity contribution >= 4 is 5.69 Å². The average Bonchev–Trinajstić information content (AvgIpc) is 3.10. The van der Waals surface area contributed by atoms with Gasteiger partial charge in [0.25, 0.3) is 0 Å². The van der Waals surface area contributed by atoms with Gasteiger partial charge in [-0.05, 0) is 62.4 Å². The van der Waals surface area contributed by atoms with Gasteiger partial charge < -0.3 is 5.32 Å². The van der Waals surface area contributed by atoms with E-state index in [1.165, 1.54) is 62.9 Å². The van der Waals surface area contributed by atoms with Crippen LogP contribution in [0.15, 0.2) is 24.3 Å². The fourth-order valence-corrected chi connectivity index (χ4v) is 3.46. The van der Waals surface area contributed by atoms with Gasteiger partial charge in [-0.25, -0.2) is 0 Å². The molecule has 2 fully saturated rings. The maximum atomic E-state index is 3.63. The molecule has 104 valence electrons. The number of nitrogens with zero attached hydrogens (tertiary/aromatic N) is 1. The molecule has 1 saturated carbocycles. The third-order valence-electron chi connectivity index (χ3n) is 4.60. The molecule has 1 heterocycles. The number of nitrogens with one attached hydrogen (secondary N) is 1. The predicted octanol–water partition coefficient (Wildman–Crippen LogP) is 3.88. The van der Waals surface area contributed by atoms with Crippen molar-refractivity contribution in [2.75, 3.05) is 25.0 Å². The Bertz CT molecular complexity index is 390. The molecule has 19 heavy (non-hydrogen) atoms. The summed E-state index contributed by atoms with van der Waals surface area (Å²) in [7, 11) is 0. The van der Waals surface area contributed by atoms with Gasteiger partial charge in [-0.1, -0.05) is 25.0 Å². The third kappa shape index (κ3) is 3.73. The summed E-state index contributed by atoms with van der Waals surface area (Å²) in [4.78, 5) is 2.57. The van der Waals surface area contributed by atoms with Crippen molar-refractivity contribution in [3.8, 4) is 0 Å². The summed E-state index contributed by atoms with van der Waals surface area (Å²) in [5.74, 6) is 0.905. The van der Waals surface area contributed by atoms with Crippen LogP contribution in [0.5, 0.6) is 0 Å². The quantitative estimate of drug-likeness (QED) is 0.862. The average molecular weight is 258 g/mol. The molecule has 2 heteroatoms. The minimum Gasteiger partial charge on any atom is -0.385 e. The van der Waals surface area contributed by atoms with Crippen LogP contribution in [0.3, 0.4) is 0 Å². The van der Waals surface area contributed by atoms with Crippen LogP contribution in [-0.4, -0.2) is 24.5 Å². The number of rotatable bonds is 5. The van der Waals surface area contributed by atoms with E-state index in [0.717, 1.165) is 19.0 Å². The normalized spacial score (nSPS) is 21.1. The van der Waals surface area contributed by atoms with E-state index in [0.29, 0.717) is 0 Å². The molecule has 0 aromatic heterocycles. The molecule has 2 aliphatic rings. The highest BCUT2D eigenvalue weighted by Gasteiger charge is 2.15. The molecule has 0 atom stereocenters. The fraction of sp³-hybridized carbons (Fsp3) is 0.647. The zero-order valence-electron chi connectivity index (χ0n) is 11.9. The maximum Gasteiger partial charge on any atom is 0.0343 e. The summed E-state index contributed by atoms with van der Waals surface area (Å²) in [6.45, 7) is 4.84. The van der Waals surface area contributed by atoms with Gasteiger partial charge in [-0.15, -0.1) is 0 Å². The SMILES string of the molecule is c1cc(CN2CCCC2)cc(NCC2CCCC2)c1. The molecule has 1 aliphatic heterocycles. The van der Waals surface area contributed by atoms with Gasteiger partial charge >= 0.3 is 0 Å². The minimum atomic E-state index is 0.905. The monoisotopic (exact) mass is 258 g/mol. The number of likely N-dealkylation sites (tertiary alicyclic amines) is 1. The summed E-state index contributed by atoms with van der Waals surface area (Å²) in [5.41, 5.74) is 2.77. The number of hydrogen-bond acceptors (Lipinski definition) is 2. The third-order valence-corrected chi connectivity index (χ3v) is 4.60. The zero-order chi connectivity index (χ0) is 12.9. The minimum absolute atomic E-state index is 0.905. The van der Waals surface area contributed by atoms with E-state index in [2.05, 4.69) is 34.5 Å². The van der Waals surface area contributed by atoms with Gasteiger partial charge in [0.1, 0.15) is 0 Å². The van der Waals surface area contributed by atoms with Crippen molar-refractivity contribution in [2.45, 2.75) is 45.1 Å². The Morgan fingerprint density at radius 2 is 1.84 bits per heavy atom. The number of anilines is 1. The van der Waals surface area contributed by atoms with Crippen LogP contribution < -0.4 is 5.32 Å². The van der Waals surface area contributed by atoms with Gasteiger partial charge in [0.15, 0.2) is 0 Å². The Morgan fingerprint density at radius 3 is 2.63 bits per heavy atom. The molecule has 0 amide bonds. The van der Waals surface area contributed by atoms with Crippen LogP contribution in [0, 0.1) is 5.92 Å². The summed E-state index contributed by atoms with van der Waals surface area (Å²) in [6, 6.07) is 9.01. The van der Waals surface area contributed by atoms with Crippen molar-refractivity contribution < 1.29 is 0 Å². The van der Waals surface area contributed by atoms with E-state index in [-0.39, 0.29) is 0 Å². The second kappa shape index (κ2) is 6.42. The highest BCUT2D eigenvalue weighted by Crippen LogP contribution is 2.25. The van der Waals surface area contributed by atoms with Crippen LogP contribution in [0.4, 0.5) is 5.69 Å². The molecule has 1 N–H and O–H groups in total. The Balaban J connectivity index is 1.52. The Hall–Kier alpha value is -1.02. The summed E-state index contributed by atoms with van der Waals surface area (Å²) in [5, 5.41) is 3.63. The summed E-state index contributed by atoms with van der Waals surface area (Å²) < 4.78 is 0. The van der Waals surface area contributed by atoms with Crippen molar-refractivity contribution in [1.82, 2.24) is 4.90 Å². The molecule has 1 saturated heterocycles. The van der Waals surface area contributed by atoms with Crippen molar-refractivity contribution in [1.29, 1.82) is 0 Å². The molecule has 0 radical (unpaired) electrons. The van der Waals surface area contributed by atoms with E-state index in [4.69, 9.17) is 0 Å². The Labute approximate surface area is 117 Å². The lowest BCUT2D eigenvalue weighted by atomic mass is 10.1. The fourth-order valence-electron chi connectivity index (χ4n) is 3.46. The smallest absolute Gasteiger partial charge is 0.0343 e. The predicted molar refractivity (Wildman–Crippen MR) is 81.4 cm³/mol. The molecule has 0 spiro atoms. The highest BCUT2D eigenvalue weighted by atomic mass is 15.1. The number of benzene rings is 1. The molecule has 1 aliphatic carbocycles. The molecular weight excluding hydrogens is 232 g/mol. The molecule has 0 unspecified atom stereocenters. The first kappa shape index (κ1) is 13.0. The zero-order valence-corrected chi connectivity index (χ0v) is 11.9. The second-order valence-electron chi connectivity index (χ2n) is 6.22. The van der Waals surface area contributed by atoms with Crippen LogP contribution >= 0.6 is 0 Å². The van der Waals surface area contributed by atoms with Crippen LogP contribution in [0.1, 0.15) is 44.1 Å². The largest absolute Gasteiger partial charge is 0.385 e. The number of hydrogen-bond donors (Lipinski definition) is 1. The van der Waals surface area contributed by atoms with E-state index >= 15 is 0 Å². The molecule has 2 nitrogen and oxygen atoms in total. The van der Waals surface area contributed by atoms with Gasteiger partial charge in [0, 0.05) is 18.8 Å². The van der Waals surface area contributed by atoms with Crippen LogP contribution in [0.2, 0.25) is 0 Å². The molecule has 1 aromatic rings. The van der Waals surface area contributed by atoms with Crippen molar-refractivity contribution in [2.24, 2.45) is 5.92 Å². The topological polar surface area (TPSA) is 15.3 Å². The van der Waals surface area contributed by atoms with Crippen molar-refractivity contribution in [3.05, 3.63) is 29.8 Å². The molecule has 3 rings (SSSR count). The lowest BCUT2D eigenvalue weighted by Gasteiger charge is -2.16. The van der Waals surface area contributed by atoms with E-state index in [1.807, 2.05) is 0 Å². The van der Waals surface area contributed by atoms with Crippen molar-refractivity contribution in [3.63, 3.8) is 0 Å². The Morgan fingerprint density at radius 1 is 1.05 bits per heavy atom. The highest BCUT2D eigenvalue weighted by molar-refractivity contribution is 5.45. The molecule has 0 bridgehead atoms. The lowest BCUT2D eigenvalue weighted by Crippen LogP contribution is -2.18. The summed E-state index contributed by atoms with van der Waals surface area (Å²) in [6.07, 6.45) is 8.45. The molecule has 1 aromatic carbocycles. The summed E-state index contributed by atoms with van der Waals surface area (Å²) >= 11 is 0. The van der Waals surface area contributed by atoms with Crippen LogP contribution in [-0.2, 0) is 6.54 Å². The first-order valence-electron chi connectivity index (χ1n) is 7.95. The van der Waals surface area contributed by atoms with Gasteiger partial charge in [-0.2, -0.15) is 0 Å². The maximum absolute atomic E-state index is 3.63. The van der Waals surface area contributed by atoms with Gasteiger partial charge in [-0.3, -0.25) is 4.90 Å². The van der Waals surface area contributed by atoms with Gasteiger partial charge in [0.05, 0.1) is 0 Å². The van der Waals surface area contributed by atoms with Gasteiger partial charge in [0.2, 0.25) is 0 Å². The lowest BCUT2D eigenvalue weighted by molar-refractivity contribution is 0.331. The second-order valence-corrected chi connectivity index (χ2v) is 6.22.